The maximum atomic E-state index is 11.4. The van der Waals surface area contributed by atoms with E-state index in [1.54, 1.807) is 33.1 Å². The van der Waals surface area contributed by atoms with E-state index >= 15 is 0 Å². The molecule has 0 aromatic heterocycles. The lowest BCUT2D eigenvalue weighted by molar-refractivity contribution is -0.144. The van der Waals surface area contributed by atoms with Crippen molar-refractivity contribution < 1.29 is 28.5 Å². The minimum absolute atomic E-state index is 0.200. The fourth-order valence-corrected chi connectivity index (χ4v) is 1.92. The zero-order chi connectivity index (χ0) is 17.8. The fraction of sp³-hybridized carbons (Fsp3) is 0.444. The molecular weight excluding hydrogens is 312 g/mol. The third-order valence-corrected chi connectivity index (χ3v) is 3.05. The van der Waals surface area contributed by atoms with E-state index in [0.717, 1.165) is 11.1 Å². The van der Waals surface area contributed by atoms with Gasteiger partial charge in [0.25, 0.3) is 0 Å². The van der Waals surface area contributed by atoms with Crippen LogP contribution in [-0.4, -0.2) is 38.9 Å². The molecule has 6 heteroatoms. The summed E-state index contributed by atoms with van der Waals surface area (Å²) < 4.78 is 20.4. The Balaban J connectivity index is 2.68. The first-order valence-corrected chi connectivity index (χ1v) is 7.85. The number of methoxy groups -OCH3 is 1. The van der Waals surface area contributed by atoms with Crippen molar-refractivity contribution in [3.63, 3.8) is 0 Å². The lowest BCUT2D eigenvalue weighted by Crippen LogP contribution is -2.08. The number of esters is 2. The van der Waals surface area contributed by atoms with Gasteiger partial charge in [-0.1, -0.05) is 6.07 Å². The smallest absolute Gasteiger partial charge is 0.330 e. The van der Waals surface area contributed by atoms with Crippen molar-refractivity contribution in [2.24, 2.45) is 0 Å². The molecule has 0 saturated carbocycles. The van der Waals surface area contributed by atoms with Crippen LogP contribution in [0.4, 0.5) is 0 Å². The maximum Gasteiger partial charge on any atom is 0.330 e. The first kappa shape index (κ1) is 19.7. The number of benzene rings is 1. The maximum absolute atomic E-state index is 11.4. The summed E-state index contributed by atoms with van der Waals surface area (Å²) in [4.78, 5) is 22.7. The summed E-state index contributed by atoms with van der Waals surface area (Å²) in [5.74, 6) is 0.000322. The SMILES string of the molecule is CCOC(=O)/C=C/c1ccc(OC)cc1COCCC(=O)OCC. The fourth-order valence-electron chi connectivity index (χ4n) is 1.92. The zero-order valence-corrected chi connectivity index (χ0v) is 14.4. The lowest BCUT2D eigenvalue weighted by atomic mass is 10.1. The molecule has 1 aromatic carbocycles. The third kappa shape index (κ3) is 7.28. The summed E-state index contributed by atoms with van der Waals surface area (Å²) in [5.41, 5.74) is 1.67. The minimum Gasteiger partial charge on any atom is -0.497 e. The average molecular weight is 336 g/mol. The summed E-state index contributed by atoms with van der Waals surface area (Å²) >= 11 is 0. The molecule has 0 aliphatic carbocycles. The Labute approximate surface area is 142 Å². The Hall–Kier alpha value is -2.34. The van der Waals surface area contributed by atoms with Crippen LogP contribution in [0.1, 0.15) is 31.4 Å². The molecule has 0 aliphatic rings. The van der Waals surface area contributed by atoms with Crippen LogP contribution < -0.4 is 4.74 Å². The molecular formula is C18H24O6. The van der Waals surface area contributed by atoms with Gasteiger partial charge >= 0.3 is 11.9 Å². The predicted molar refractivity (Wildman–Crippen MR) is 89.6 cm³/mol. The van der Waals surface area contributed by atoms with Crippen molar-refractivity contribution in [2.45, 2.75) is 26.9 Å². The molecule has 0 radical (unpaired) electrons. The van der Waals surface area contributed by atoms with Crippen molar-refractivity contribution in [3.05, 3.63) is 35.4 Å². The number of carbonyl (C=O) groups excluding carboxylic acids is 2. The van der Waals surface area contributed by atoms with E-state index in [0.29, 0.717) is 25.6 Å². The first-order valence-electron chi connectivity index (χ1n) is 7.85. The highest BCUT2D eigenvalue weighted by atomic mass is 16.5. The van der Waals surface area contributed by atoms with Crippen LogP contribution in [0.2, 0.25) is 0 Å². The molecule has 132 valence electrons. The third-order valence-electron chi connectivity index (χ3n) is 3.05. The largest absolute Gasteiger partial charge is 0.497 e. The van der Waals surface area contributed by atoms with Crippen LogP contribution in [0.3, 0.4) is 0 Å². The molecule has 0 saturated heterocycles. The first-order chi connectivity index (χ1) is 11.6. The molecule has 0 atom stereocenters. The zero-order valence-electron chi connectivity index (χ0n) is 14.4. The molecule has 0 aliphatic heterocycles. The van der Waals surface area contributed by atoms with Gasteiger partial charge in [0.05, 0.1) is 40.0 Å². The Kier molecular flexibility index (Phi) is 9.23. The van der Waals surface area contributed by atoms with Gasteiger partial charge in [0.15, 0.2) is 0 Å². The highest BCUT2D eigenvalue weighted by Gasteiger charge is 2.06. The van der Waals surface area contributed by atoms with Crippen LogP contribution in [-0.2, 0) is 30.4 Å². The molecule has 0 spiro atoms. The van der Waals surface area contributed by atoms with Gasteiger partial charge in [0, 0.05) is 6.08 Å². The monoisotopic (exact) mass is 336 g/mol. The minimum atomic E-state index is -0.400. The lowest BCUT2D eigenvalue weighted by Gasteiger charge is -2.10. The van der Waals surface area contributed by atoms with Crippen molar-refractivity contribution in [3.8, 4) is 5.75 Å². The van der Waals surface area contributed by atoms with Crippen molar-refractivity contribution in [1.82, 2.24) is 0 Å². The second-order valence-electron chi connectivity index (χ2n) is 4.76. The van der Waals surface area contributed by atoms with Gasteiger partial charge < -0.3 is 18.9 Å². The number of hydrogen-bond acceptors (Lipinski definition) is 6. The topological polar surface area (TPSA) is 71.1 Å². The highest BCUT2D eigenvalue weighted by Crippen LogP contribution is 2.20. The second-order valence-corrected chi connectivity index (χ2v) is 4.76. The molecule has 24 heavy (non-hydrogen) atoms. The van der Waals surface area contributed by atoms with Gasteiger partial charge in [-0.05, 0) is 43.2 Å². The van der Waals surface area contributed by atoms with Gasteiger partial charge in [0.1, 0.15) is 5.75 Å². The van der Waals surface area contributed by atoms with Crippen LogP contribution in [0.5, 0.6) is 5.75 Å². The van der Waals surface area contributed by atoms with Gasteiger partial charge in [0.2, 0.25) is 0 Å². The molecule has 0 fully saturated rings. The van der Waals surface area contributed by atoms with Gasteiger partial charge in [-0.25, -0.2) is 4.79 Å². The van der Waals surface area contributed by atoms with Gasteiger partial charge in [-0.3, -0.25) is 4.79 Å². The van der Waals surface area contributed by atoms with Gasteiger partial charge in [-0.15, -0.1) is 0 Å². The van der Waals surface area contributed by atoms with Crippen LogP contribution >= 0.6 is 0 Å². The Bertz CT molecular complexity index is 565. The van der Waals surface area contributed by atoms with E-state index in [-0.39, 0.29) is 19.0 Å². The van der Waals surface area contributed by atoms with E-state index in [2.05, 4.69) is 0 Å². The summed E-state index contributed by atoms with van der Waals surface area (Å²) in [6.07, 6.45) is 3.24. The Morgan fingerprint density at radius 3 is 2.54 bits per heavy atom. The molecule has 1 rings (SSSR count). The molecule has 0 bridgehead atoms. The quantitative estimate of drug-likeness (QED) is 0.372. The normalized spacial score (nSPS) is 10.6. The van der Waals surface area contributed by atoms with E-state index in [9.17, 15) is 9.59 Å². The standard InChI is InChI=1S/C18H24O6/c1-4-23-17(19)9-7-14-6-8-16(21-3)12-15(14)13-22-11-10-18(20)24-5-2/h6-9,12H,4-5,10-11,13H2,1-3H3/b9-7+. The van der Waals surface area contributed by atoms with Crippen LogP contribution in [0, 0.1) is 0 Å². The van der Waals surface area contributed by atoms with E-state index in [4.69, 9.17) is 18.9 Å². The number of rotatable bonds is 10. The summed E-state index contributed by atoms with van der Waals surface area (Å²) in [6.45, 7) is 4.75. The summed E-state index contributed by atoms with van der Waals surface area (Å²) in [6, 6.07) is 5.46. The van der Waals surface area contributed by atoms with E-state index in [1.165, 1.54) is 6.08 Å². The Morgan fingerprint density at radius 1 is 1.12 bits per heavy atom. The molecule has 0 N–H and O–H groups in total. The van der Waals surface area contributed by atoms with Crippen molar-refractivity contribution in [1.29, 1.82) is 0 Å². The van der Waals surface area contributed by atoms with Crippen molar-refractivity contribution in [2.75, 3.05) is 26.9 Å². The number of hydrogen-bond donors (Lipinski definition) is 0. The predicted octanol–water partition coefficient (Wildman–Crippen LogP) is 2.74. The summed E-state index contributed by atoms with van der Waals surface area (Å²) in [7, 11) is 1.58. The molecule has 0 amide bonds. The molecule has 0 heterocycles. The van der Waals surface area contributed by atoms with E-state index in [1.807, 2.05) is 12.1 Å². The second kappa shape index (κ2) is 11.2. The number of ether oxygens (including phenoxy) is 4. The van der Waals surface area contributed by atoms with Crippen LogP contribution in [0.25, 0.3) is 6.08 Å². The molecule has 1 aromatic rings. The van der Waals surface area contributed by atoms with E-state index < -0.39 is 5.97 Å². The van der Waals surface area contributed by atoms with Crippen molar-refractivity contribution >= 4 is 18.0 Å². The van der Waals surface area contributed by atoms with Gasteiger partial charge in [-0.2, -0.15) is 0 Å². The Morgan fingerprint density at radius 2 is 1.88 bits per heavy atom. The number of carbonyl (C=O) groups is 2. The highest BCUT2D eigenvalue weighted by molar-refractivity contribution is 5.87. The molecule has 0 unspecified atom stereocenters. The van der Waals surface area contributed by atoms with Crippen LogP contribution in [0.15, 0.2) is 24.3 Å². The average Bonchev–Trinajstić information content (AvgIpc) is 2.57. The molecule has 6 nitrogen and oxygen atoms in total. The summed E-state index contributed by atoms with van der Waals surface area (Å²) in [5, 5.41) is 0.